The van der Waals surface area contributed by atoms with Crippen molar-refractivity contribution in [1.29, 1.82) is 0 Å². The summed E-state index contributed by atoms with van der Waals surface area (Å²) in [7, 11) is 3.95. The van der Waals surface area contributed by atoms with Crippen LogP contribution in [0.15, 0.2) is 36.7 Å². The highest BCUT2D eigenvalue weighted by Crippen LogP contribution is 2.14. The maximum absolute atomic E-state index is 6.17. The van der Waals surface area contributed by atoms with Crippen LogP contribution in [0.1, 0.15) is 17.2 Å². The molecule has 0 aliphatic rings. The van der Waals surface area contributed by atoms with Crippen LogP contribution in [0.4, 0.5) is 0 Å². The number of halogens is 1. The molecule has 102 valence electrons. The number of nitrogens with zero attached hydrogens (tertiary/aromatic N) is 3. The Bertz CT molecular complexity index is 538. The summed E-state index contributed by atoms with van der Waals surface area (Å²) in [5.74, 6) is 0. The van der Waals surface area contributed by atoms with Crippen molar-refractivity contribution in [3.05, 3.63) is 52.8 Å². The molecule has 2 rings (SSSR count). The molecule has 1 unspecified atom stereocenters. The van der Waals surface area contributed by atoms with Gasteiger partial charge in [-0.25, -0.2) is 0 Å². The van der Waals surface area contributed by atoms with Gasteiger partial charge in [-0.15, -0.1) is 0 Å². The third kappa shape index (κ3) is 4.06. The lowest BCUT2D eigenvalue weighted by Crippen LogP contribution is -2.28. The molecule has 0 radical (unpaired) electrons. The molecule has 1 aromatic heterocycles. The van der Waals surface area contributed by atoms with E-state index < -0.39 is 0 Å². The van der Waals surface area contributed by atoms with Crippen LogP contribution in [-0.4, -0.2) is 28.3 Å². The van der Waals surface area contributed by atoms with Crippen LogP contribution in [0.3, 0.4) is 0 Å². The summed E-state index contributed by atoms with van der Waals surface area (Å²) >= 11 is 5.98. The van der Waals surface area contributed by atoms with Gasteiger partial charge >= 0.3 is 0 Å². The Balaban J connectivity index is 1.92. The van der Waals surface area contributed by atoms with Crippen molar-refractivity contribution in [1.82, 2.24) is 14.7 Å². The number of nitrogens with two attached hydrogens (primary N) is 1. The van der Waals surface area contributed by atoms with Gasteiger partial charge < -0.3 is 10.6 Å². The Morgan fingerprint density at radius 3 is 2.89 bits per heavy atom. The average Bonchev–Trinajstić information content (AvgIpc) is 2.75. The van der Waals surface area contributed by atoms with Crippen molar-refractivity contribution < 1.29 is 0 Å². The molecule has 1 atom stereocenters. The lowest BCUT2D eigenvalue weighted by molar-refractivity contribution is 0.305. The van der Waals surface area contributed by atoms with Crippen LogP contribution in [0.25, 0.3) is 0 Å². The van der Waals surface area contributed by atoms with Crippen LogP contribution in [0.2, 0.25) is 5.02 Å². The predicted octanol–water partition coefficient (Wildman–Crippen LogP) is 2.21. The fourth-order valence-electron chi connectivity index (χ4n) is 2.08. The monoisotopic (exact) mass is 278 g/mol. The Kier molecular flexibility index (Phi) is 4.58. The largest absolute Gasteiger partial charge is 0.323 e. The first-order chi connectivity index (χ1) is 9.04. The SMILES string of the molecule is CN(Cc1cccc(Cl)c1)CC(N)c1cnn(C)c1. The van der Waals surface area contributed by atoms with E-state index in [4.69, 9.17) is 17.3 Å². The van der Waals surface area contributed by atoms with Crippen LogP contribution in [0.5, 0.6) is 0 Å². The zero-order chi connectivity index (χ0) is 13.8. The summed E-state index contributed by atoms with van der Waals surface area (Å²) in [4.78, 5) is 2.18. The first kappa shape index (κ1) is 14.1. The van der Waals surface area contributed by atoms with E-state index in [2.05, 4.69) is 23.1 Å². The van der Waals surface area contributed by atoms with Crippen LogP contribution >= 0.6 is 11.6 Å². The normalized spacial score (nSPS) is 12.9. The second-order valence-corrected chi connectivity index (χ2v) is 5.32. The third-order valence-corrected chi connectivity index (χ3v) is 3.24. The minimum Gasteiger partial charge on any atom is -0.323 e. The number of aromatic nitrogens is 2. The van der Waals surface area contributed by atoms with Gasteiger partial charge in [-0.1, -0.05) is 23.7 Å². The zero-order valence-electron chi connectivity index (χ0n) is 11.3. The molecule has 1 aromatic carbocycles. The van der Waals surface area contributed by atoms with E-state index in [1.54, 1.807) is 4.68 Å². The molecule has 5 heteroatoms. The van der Waals surface area contributed by atoms with E-state index >= 15 is 0 Å². The smallest absolute Gasteiger partial charge is 0.0537 e. The standard InChI is InChI=1S/C14H19ClN4/c1-18(8-11-4-3-5-13(15)6-11)10-14(16)12-7-17-19(2)9-12/h3-7,9,14H,8,10,16H2,1-2H3. The van der Waals surface area contributed by atoms with Gasteiger partial charge in [0.15, 0.2) is 0 Å². The van der Waals surface area contributed by atoms with Gasteiger partial charge in [-0.2, -0.15) is 5.10 Å². The van der Waals surface area contributed by atoms with Gasteiger partial charge in [0.05, 0.1) is 6.20 Å². The fourth-order valence-corrected chi connectivity index (χ4v) is 2.30. The molecule has 2 N–H and O–H groups in total. The highest BCUT2D eigenvalue weighted by molar-refractivity contribution is 6.30. The summed E-state index contributed by atoms with van der Waals surface area (Å²) in [5.41, 5.74) is 8.42. The quantitative estimate of drug-likeness (QED) is 0.912. The van der Waals surface area contributed by atoms with Crippen molar-refractivity contribution in [2.75, 3.05) is 13.6 Å². The van der Waals surface area contributed by atoms with Crippen molar-refractivity contribution in [3.63, 3.8) is 0 Å². The summed E-state index contributed by atoms with van der Waals surface area (Å²) < 4.78 is 1.77. The number of aryl methyl sites for hydroxylation is 1. The molecular weight excluding hydrogens is 260 g/mol. The molecule has 0 bridgehead atoms. The van der Waals surface area contributed by atoms with Crippen molar-refractivity contribution >= 4 is 11.6 Å². The minimum absolute atomic E-state index is 0.0297. The molecule has 0 saturated heterocycles. The van der Waals surface area contributed by atoms with Gasteiger partial charge in [-0.3, -0.25) is 4.68 Å². The topological polar surface area (TPSA) is 47.1 Å². The summed E-state index contributed by atoms with van der Waals surface area (Å²) in [6.07, 6.45) is 3.77. The highest BCUT2D eigenvalue weighted by atomic mass is 35.5. The minimum atomic E-state index is -0.0297. The van der Waals surface area contributed by atoms with Crippen molar-refractivity contribution in [3.8, 4) is 0 Å². The Labute approximate surface area is 118 Å². The van der Waals surface area contributed by atoms with E-state index in [1.807, 2.05) is 37.6 Å². The fraction of sp³-hybridized carbons (Fsp3) is 0.357. The maximum Gasteiger partial charge on any atom is 0.0537 e. The number of hydrogen-bond acceptors (Lipinski definition) is 3. The van der Waals surface area contributed by atoms with E-state index in [9.17, 15) is 0 Å². The number of rotatable bonds is 5. The highest BCUT2D eigenvalue weighted by Gasteiger charge is 2.11. The van der Waals surface area contributed by atoms with Crippen molar-refractivity contribution in [2.24, 2.45) is 12.8 Å². The van der Waals surface area contributed by atoms with E-state index in [0.717, 1.165) is 23.7 Å². The maximum atomic E-state index is 6.17. The predicted molar refractivity (Wildman–Crippen MR) is 77.9 cm³/mol. The molecule has 0 fully saturated rings. The third-order valence-electron chi connectivity index (χ3n) is 3.00. The molecule has 2 aromatic rings. The van der Waals surface area contributed by atoms with Crippen LogP contribution < -0.4 is 5.73 Å². The second kappa shape index (κ2) is 6.19. The Morgan fingerprint density at radius 1 is 1.47 bits per heavy atom. The molecule has 0 saturated carbocycles. The average molecular weight is 279 g/mol. The molecule has 0 spiro atoms. The van der Waals surface area contributed by atoms with Crippen LogP contribution in [0, 0.1) is 0 Å². The number of likely N-dealkylation sites (N-methyl/N-ethyl adjacent to an activating group) is 1. The van der Waals surface area contributed by atoms with Gasteiger partial charge in [0, 0.05) is 43.0 Å². The van der Waals surface area contributed by atoms with Crippen molar-refractivity contribution in [2.45, 2.75) is 12.6 Å². The van der Waals surface area contributed by atoms with Gasteiger partial charge in [0.1, 0.15) is 0 Å². The second-order valence-electron chi connectivity index (χ2n) is 4.88. The molecule has 0 aliphatic heterocycles. The molecule has 4 nitrogen and oxygen atoms in total. The summed E-state index contributed by atoms with van der Waals surface area (Å²) in [5, 5.41) is 4.91. The Morgan fingerprint density at radius 2 is 2.26 bits per heavy atom. The summed E-state index contributed by atoms with van der Waals surface area (Å²) in [6, 6.07) is 7.86. The van der Waals surface area contributed by atoms with E-state index in [-0.39, 0.29) is 6.04 Å². The molecule has 19 heavy (non-hydrogen) atoms. The lowest BCUT2D eigenvalue weighted by Gasteiger charge is -2.20. The first-order valence-electron chi connectivity index (χ1n) is 6.21. The molecule has 0 aliphatic carbocycles. The first-order valence-corrected chi connectivity index (χ1v) is 6.59. The Hall–Kier alpha value is -1.36. The van der Waals surface area contributed by atoms with E-state index in [0.29, 0.717) is 0 Å². The molecular formula is C14H19ClN4. The summed E-state index contributed by atoms with van der Waals surface area (Å²) in [6.45, 7) is 1.60. The van der Waals surface area contributed by atoms with Gasteiger partial charge in [-0.05, 0) is 24.7 Å². The van der Waals surface area contributed by atoms with E-state index in [1.165, 1.54) is 5.56 Å². The van der Waals surface area contributed by atoms with Gasteiger partial charge in [0.25, 0.3) is 0 Å². The lowest BCUT2D eigenvalue weighted by atomic mass is 10.1. The van der Waals surface area contributed by atoms with Crippen LogP contribution in [-0.2, 0) is 13.6 Å². The van der Waals surface area contributed by atoms with Gasteiger partial charge in [0.2, 0.25) is 0 Å². The molecule has 0 amide bonds. The molecule has 1 heterocycles. The number of benzene rings is 1. The zero-order valence-corrected chi connectivity index (χ0v) is 12.0. The number of hydrogen-bond donors (Lipinski definition) is 1.